The number of nitrogens with one attached hydrogen (secondary N) is 2. The lowest BCUT2D eigenvalue weighted by molar-refractivity contribution is -0.112. The van der Waals surface area contributed by atoms with Crippen molar-refractivity contribution in [2.45, 2.75) is 33.7 Å². The van der Waals surface area contributed by atoms with Crippen LogP contribution in [-0.2, 0) is 4.79 Å². The Kier molecular flexibility index (Phi) is 7.48. The molecule has 0 spiro atoms. The third-order valence-electron chi connectivity index (χ3n) is 4.22. The van der Waals surface area contributed by atoms with Crippen LogP contribution in [0.3, 0.4) is 0 Å². The molecule has 0 saturated carbocycles. The van der Waals surface area contributed by atoms with Crippen molar-refractivity contribution in [3.05, 3.63) is 69.9 Å². The summed E-state index contributed by atoms with van der Waals surface area (Å²) in [7, 11) is 0. The molecule has 2 aromatic rings. The minimum Gasteiger partial charge on any atom is -0.494 e. The predicted molar refractivity (Wildman–Crippen MR) is 112 cm³/mol. The molecule has 6 heteroatoms. The van der Waals surface area contributed by atoms with E-state index in [2.05, 4.69) is 10.6 Å². The third-order valence-corrected chi connectivity index (χ3v) is 4.46. The first-order valence-corrected chi connectivity index (χ1v) is 9.40. The number of hydrogen-bond donors (Lipinski definition) is 2. The van der Waals surface area contributed by atoms with Gasteiger partial charge in [-0.1, -0.05) is 35.4 Å². The van der Waals surface area contributed by atoms with Crippen molar-refractivity contribution >= 4 is 23.2 Å². The molecule has 1 amide bonds. The van der Waals surface area contributed by atoms with Crippen LogP contribution in [-0.4, -0.2) is 12.5 Å². The van der Waals surface area contributed by atoms with E-state index in [4.69, 9.17) is 16.3 Å². The number of nitrogens with zero attached hydrogens (tertiary/aromatic N) is 1. The SMILES string of the molecule is CCOc1ccc(C)cc1C(C)N/C=C(/C#N)C(=O)Nc1cc(Cl)ccc1C. The second-order valence-corrected chi connectivity index (χ2v) is 6.88. The normalized spacial score (nSPS) is 12.1. The van der Waals surface area contributed by atoms with Crippen molar-refractivity contribution < 1.29 is 9.53 Å². The van der Waals surface area contributed by atoms with E-state index in [1.54, 1.807) is 18.2 Å². The van der Waals surface area contributed by atoms with E-state index in [0.717, 1.165) is 22.4 Å². The molecule has 0 aromatic heterocycles. The van der Waals surface area contributed by atoms with Crippen LogP contribution in [0.1, 0.15) is 36.6 Å². The fourth-order valence-corrected chi connectivity index (χ4v) is 2.83. The van der Waals surface area contributed by atoms with Crippen LogP contribution in [0.5, 0.6) is 5.75 Å². The summed E-state index contributed by atoms with van der Waals surface area (Å²) in [4.78, 5) is 12.5. The quantitative estimate of drug-likeness (QED) is 0.506. The molecule has 0 bridgehead atoms. The molecule has 0 aliphatic rings. The van der Waals surface area contributed by atoms with Gasteiger partial charge in [-0.2, -0.15) is 5.26 Å². The second kappa shape index (κ2) is 9.82. The maximum Gasteiger partial charge on any atom is 0.267 e. The van der Waals surface area contributed by atoms with Crippen LogP contribution in [0.25, 0.3) is 0 Å². The fourth-order valence-electron chi connectivity index (χ4n) is 2.66. The Balaban J connectivity index is 2.16. The smallest absolute Gasteiger partial charge is 0.267 e. The molecular weight excluding hydrogens is 374 g/mol. The van der Waals surface area contributed by atoms with E-state index in [1.165, 1.54) is 6.20 Å². The molecule has 1 unspecified atom stereocenters. The van der Waals surface area contributed by atoms with E-state index in [1.807, 2.05) is 52.0 Å². The van der Waals surface area contributed by atoms with Crippen molar-refractivity contribution in [1.29, 1.82) is 5.26 Å². The minimum absolute atomic E-state index is 0.0307. The van der Waals surface area contributed by atoms with E-state index in [-0.39, 0.29) is 11.6 Å². The zero-order valence-electron chi connectivity index (χ0n) is 16.5. The average molecular weight is 398 g/mol. The molecule has 5 nitrogen and oxygen atoms in total. The van der Waals surface area contributed by atoms with Gasteiger partial charge in [0, 0.05) is 22.5 Å². The highest BCUT2D eigenvalue weighted by molar-refractivity contribution is 6.31. The summed E-state index contributed by atoms with van der Waals surface area (Å²) in [5, 5.41) is 15.8. The van der Waals surface area contributed by atoms with Gasteiger partial charge in [-0.3, -0.25) is 4.79 Å². The molecular formula is C22H24ClN3O2. The maximum absolute atomic E-state index is 12.5. The monoisotopic (exact) mass is 397 g/mol. The molecule has 2 rings (SSSR count). The maximum atomic E-state index is 12.5. The van der Waals surface area contributed by atoms with Crippen molar-refractivity contribution in [3.8, 4) is 11.8 Å². The van der Waals surface area contributed by atoms with Crippen molar-refractivity contribution in [2.24, 2.45) is 0 Å². The third kappa shape index (κ3) is 5.51. The summed E-state index contributed by atoms with van der Waals surface area (Å²) < 4.78 is 5.68. The van der Waals surface area contributed by atoms with Crippen LogP contribution in [0.15, 0.2) is 48.2 Å². The highest BCUT2D eigenvalue weighted by atomic mass is 35.5. The van der Waals surface area contributed by atoms with Crippen molar-refractivity contribution in [2.75, 3.05) is 11.9 Å². The van der Waals surface area contributed by atoms with Gasteiger partial charge in [-0.15, -0.1) is 0 Å². The number of benzene rings is 2. The summed E-state index contributed by atoms with van der Waals surface area (Å²) in [6, 6.07) is 12.9. The van der Waals surface area contributed by atoms with Gasteiger partial charge < -0.3 is 15.4 Å². The molecule has 0 radical (unpaired) electrons. The minimum atomic E-state index is -0.498. The van der Waals surface area contributed by atoms with Crippen molar-refractivity contribution in [1.82, 2.24) is 5.32 Å². The first kappa shape index (κ1) is 21.3. The van der Waals surface area contributed by atoms with Gasteiger partial charge in [0.25, 0.3) is 5.91 Å². The molecule has 0 heterocycles. The van der Waals surface area contributed by atoms with Crippen LogP contribution in [0.4, 0.5) is 5.69 Å². The number of nitriles is 1. The number of anilines is 1. The summed E-state index contributed by atoms with van der Waals surface area (Å²) in [5.41, 5.74) is 3.46. The van der Waals surface area contributed by atoms with Crippen molar-refractivity contribution in [3.63, 3.8) is 0 Å². The number of rotatable bonds is 7. The highest BCUT2D eigenvalue weighted by Gasteiger charge is 2.14. The summed E-state index contributed by atoms with van der Waals surface area (Å²) >= 11 is 5.98. The molecule has 1 atom stereocenters. The van der Waals surface area contributed by atoms with Gasteiger partial charge in [0.15, 0.2) is 0 Å². The van der Waals surface area contributed by atoms with Gasteiger partial charge in [0.2, 0.25) is 0 Å². The van der Waals surface area contributed by atoms with Gasteiger partial charge in [-0.05, 0) is 51.5 Å². The van der Waals surface area contributed by atoms with Crippen LogP contribution >= 0.6 is 11.6 Å². The molecule has 0 saturated heterocycles. The average Bonchev–Trinajstić information content (AvgIpc) is 2.66. The second-order valence-electron chi connectivity index (χ2n) is 6.45. The zero-order chi connectivity index (χ0) is 20.7. The number of amides is 1. The van der Waals surface area contributed by atoms with Crippen LogP contribution in [0, 0.1) is 25.2 Å². The lowest BCUT2D eigenvalue weighted by Crippen LogP contribution is -2.19. The van der Waals surface area contributed by atoms with Crippen LogP contribution in [0.2, 0.25) is 5.02 Å². The van der Waals surface area contributed by atoms with E-state index < -0.39 is 5.91 Å². The van der Waals surface area contributed by atoms with Gasteiger partial charge in [-0.25, -0.2) is 0 Å². The predicted octanol–water partition coefficient (Wildman–Crippen LogP) is 5.05. The zero-order valence-corrected chi connectivity index (χ0v) is 17.2. The lowest BCUT2D eigenvalue weighted by atomic mass is 10.0. The Bertz CT molecular complexity index is 932. The summed E-state index contributed by atoms with van der Waals surface area (Å²) in [6.45, 7) is 8.29. The molecule has 2 aromatic carbocycles. The molecule has 146 valence electrons. The Labute approximate surface area is 171 Å². The van der Waals surface area contributed by atoms with E-state index in [9.17, 15) is 10.1 Å². The summed E-state index contributed by atoms with van der Waals surface area (Å²) in [5.74, 6) is 0.279. The van der Waals surface area contributed by atoms with E-state index >= 15 is 0 Å². The Morgan fingerprint density at radius 3 is 2.71 bits per heavy atom. The highest BCUT2D eigenvalue weighted by Crippen LogP contribution is 2.26. The molecule has 0 aliphatic heterocycles. The van der Waals surface area contributed by atoms with E-state index in [0.29, 0.717) is 17.3 Å². The number of carbonyl (C=O) groups is 1. The standard InChI is InChI=1S/C22H24ClN3O2/c1-5-28-21-9-6-14(2)10-19(21)16(4)25-13-17(12-24)22(27)26-20-11-18(23)8-7-15(20)3/h6-11,13,16,25H,5H2,1-4H3,(H,26,27)/b17-13-. The fraction of sp³-hybridized carbons (Fsp3) is 0.273. The molecule has 0 fully saturated rings. The van der Waals surface area contributed by atoms with Gasteiger partial charge in [0.05, 0.1) is 12.6 Å². The first-order chi connectivity index (χ1) is 13.3. The molecule has 0 aliphatic carbocycles. The Hall–Kier alpha value is -2.97. The topological polar surface area (TPSA) is 74.1 Å². The lowest BCUT2D eigenvalue weighted by Gasteiger charge is -2.18. The molecule has 2 N–H and O–H groups in total. The number of halogens is 1. The van der Waals surface area contributed by atoms with Gasteiger partial charge >= 0.3 is 0 Å². The Morgan fingerprint density at radius 2 is 2.04 bits per heavy atom. The number of aryl methyl sites for hydroxylation is 2. The number of carbonyl (C=O) groups excluding carboxylic acids is 1. The van der Waals surface area contributed by atoms with Crippen LogP contribution < -0.4 is 15.4 Å². The number of ether oxygens (including phenoxy) is 1. The van der Waals surface area contributed by atoms with Gasteiger partial charge in [0.1, 0.15) is 17.4 Å². The largest absolute Gasteiger partial charge is 0.494 e. The first-order valence-electron chi connectivity index (χ1n) is 9.02. The molecule has 28 heavy (non-hydrogen) atoms. The number of hydrogen-bond acceptors (Lipinski definition) is 4. The summed E-state index contributed by atoms with van der Waals surface area (Å²) in [6.07, 6.45) is 1.43. The Morgan fingerprint density at radius 1 is 1.29 bits per heavy atom.